The van der Waals surface area contributed by atoms with E-state index in [4.69, 9.17) is 5.11 Å². The first kappa shape index (κ1) is 9.36. The molecule has 1 N–H and O–H groups in total. The van der Waals surface area contributed by atoms with Gasteiger partial charge in [0.15, 0.2) is 0 Å². The number of thiol groups is 1. The highest BCUT2D eigenvalue weighted by atomic mass is 32.1. The fourth-order valence-corrected chi connectivity index (χ4v) is 1.78. The molecule has 3 heteroatoms. The number of nitrogens with zero attached hydrogens (tertiary/aromatic N) is 1. The average molecular weight is 175 g/mol. The Kier molecular flexibility index (Phi) is 3.22. The Hall–Kier alpha value is 0.270. The maximum Gasteiger partial charge on any atom is 0.0558 e. The van der Waals surface area contributed by atoms with Crippen LogP contribution in [-0.2, 0) is 0 Å². The van der Waals surface area contributed by atoms with Crippen LogP contribution >= 0.6 is 12.6 Å². The summed E-state index contributed by atoms with van der Waals surface area (Å²) in [5, 5.41) is 8.67. The van der Waals surface area contributed by atoms with Crippen molar-refractivity contribution in [3.63, 3.8) is 0 Å². The molecule has 0 bridgehead atoms. The summed E-state index contributed by atoms with van der Waals surface area (Å²) < 4.78 is 0. The van der Waals surface area contributed by atoms with Gasteiger partial charge in [-0.2, -0.15) is 12.6 Å². The molecule has 0 aromatic carbocycles. The van der Waals surface area contributed by atoms with Gasteiger partial charge in [0.25, 0.3) is 0 Å². The zero-order valence-corrected chi connectivity index (χ0v) is 7.98. The van der Waals surface area contributed by atoms with Crippen molar-refractivity contribution in [3.8, 4) is 0 Å². The summed E-state index contributed by atoms with van der Waals surface area (Å²) in [6.45, 7) is 2.14. The van der Waals surface area contributed by atoms with Gasteiger partial charge in [0.2, 0.25) is 0 Å². The predicted octanol–water partition coefficient (Wildman–Crippen LogP) is 0.620. The van der Waals surface area contributed by atoms with E-state index < -0.39 is 0 Å². The summed E-state index contributed by atoms with van der Waals surface area (Å²) in [6.07, 6.45) is 2.62. The van der Waals surface area contributed by atoms with Crippen LogP contribution in [-0.4, -0.2) is 42.5 Å². The molecule has 66 valence electrons. The van der Waals surface area contributed by atoms with E-state index in [-0.39, 0.29) is 6.61 Å². The SMILES string of the molecule is CN(CCO)CC1(CS)CC1. The molecule has 0 saturated heterocycles. The lowest BCUT2D eigenvalue weighted by Gasteiger charge is -2.21. The van der Waals surface area contributed by atoms with Crippen LogP contribution in [0.5, 0.6) is 0 Å². The van der Waals surface area contributed by atoms with E-state index >= 15 is 0 Å². The second-order valence-corrected chi connectivity index (χ2v) is 3.94. The van der Waals surface area contributed by atoms with E-state index in [1.165, 1.54) is 12.8 Å². The van der Waals surface area contributed by atoms with Crippen molar-refractivity contribution < 1.29 is 5.11 Å². The van der Waals surface area contributed by atoms with Crippen LogP contribution in [0.4, 0.5) is 0 Å². The zero-order valence-electron chi connectivity index (χ0n) is 7.08. The van der Waals surface area contributed by atoms with Crippen LogP contribution in [0.15, 0.2) is 0 Å². The molecule has 0 spiro atoms. The minimum Gasteiger partial charge on any atom is -0.395 e. The first-order chi connectivity index (χ1) is 5.22. The second kappa shape index (κ2) is 3.78. The quantitative estimate of drug-likeness (QED) is 0.598. The van der Waals surface area contributed by atoms with E-state index in [1.807, 2.05) is 0 Å². The van der Waals surface area contributed by atoms with Crippen molar-refractivity contribution in [1.82, 2.24) is 4.90 Å². The van der Waals surface area contributed by atoms with Crippen molar-refractivity contribution in [2.45, 2.75) is 12.8 Å². The fourth-order valence-electron chi connectivity index (χ4n) is 1.37. The van der Waals surface area contributed by atoms with E-state index in [0.717, 1.165) is 18.8 Å². The summed E-state index contributed by atoms with van der Waals surface area (Å²) >= 11 is 4.32. The number of hydrogen-bond donors (Lipinski definition) is 2. The third-order valence-electron chi connectivity index (χ3n) is 2.38. The predicted molar refractivity (Wildman–Crippen MR) is 50.1 cm³/mol. The maximum absolute atomic E-state index is 8.67. The molecule has 11 heavy (non-hydrogen) atoms. The van der Waals surface area contributed by atoms with Gasteiger partial charge in [-0.1, -0.05) is 0 Å². The highest BCUT2D eigenvalue weighted by Gasteiger charge is 2.41. The summed E-state index contributed by atoms with van der Waals surface area (Å²) in [7, 11) is 2.06. The van der Waals surface area contributed by atoms with Gasteiger partial charge >= 0.3 is 0 Å². The molecule has 1 rings (SSSR count). The molecule has 0 aromatic rings. The van der Waals surface area contributed by atoms with Crippen molar-refractivity contribution in [2.24, 2.45) is 5.41 Å². The molecule has 0 radical (unpaired) electrons. The van der Waals surface area contributed by atoms with Gasteiger partial charge in [-0.3, -0.25) is 0 Å². The molecule has 0 amide bonds. The molecular formula is C8H17NOS. The molecule has 1 saturated carbocycles. The van der Waals surface area contributed by atoms with Gasteiger partial charge in [0.1, 0.15) is 0 Å². The number of aliphatic hydroxyl groups is 1. The Morgan fingerprint density at radius 2 is 2.18 bits per heavy atom. The average Bonchev–Trinajstić information content (AvgIpc) is 2.70. The van der Waals surface area contributed by atoms with E-state index in [1.54, 1.807) is 0 Å². The Morgan fingerprint density at radius 1 is 1.55 bits per heavy atom. The Balaban J connectivity index is 2.18. The summed E-state index contributed by atoms with van der Waals surface area (Å²) in [6, 6.07) is 0. The minimum absolute atomic E-state index is 0.263. The van der Waals surface area contributed by atoms with Crippen LogP contribution in [0.1, 0.15) is 12.8 Å². The smallest absolute Gasteiger partial charge is 0.0558 e. The monoisotopic (exact) mass is 175 g/mol. The summed E-state index contributed by atoms with van der Waals surface area (Å²) in [5.74, 6) is 0.989. The molecule has 0 aliphatic heterocycles. The van der Waals surface area contributed by atoms with Gasteiger partial charge in [0.05, 0.1) is 6.61 Å². The maximum atomic E-state index is 8.67. The van der Waals surface area contributed by atoms with Gasteiger partial charge in [-0.25, -0.2) is 0 Å². The largest absolute Gasteiger partial charge is 0.395 e. The Bertz CT molecular complexity index is 125. The first-order valence-corrected chi connectivity index (χ1v) is 4.76. The van der Waals surface area contributed by atoms with Crippen LogP contribution in [0.3, 0.4) is 0 Å². The lowest BCUT2D eigenvalue weighted by molar-refractivity contribution is 0.202. The lowest BCUT2D eigenvalue weighted by atomic mass is 10.1. The fraction of sp³-hybridized carbons (Fsp3) is 1.00. The highest BCUT2D eigenvalue weighted by molar-refractivity contribution is 7.80. The number of likely N-dealkylation sites (N-methyl/N-ethyl adjacent to an activating group) is 1. The Labute approximate surface area is 74.0 Å². The molecule has 0 heterocycles. The lowest BCUT2D eigenvalue weighted by Crippen LogP contribution is -2.30. The Morgan fingerprint density at radius 3 is 2.55 bits per heavy atom. The standard InChI is InChI=1S/C8H17NOS/c1-9(4-5-10)6-8(7-11)2-3-8/h10-11H,2-7H2,1H3. The van der Waals surface area contributed by atoms with Crippen molar-refractivity contribution in [1.29, 1.82) is 0 Å². The van der Waals surface area contributed by atoms with Crippen LogP contribution in [0, 0.1) is 5.41 Å². The van der Waals surface area contributed by atoms with E-state index in [0.29, 0.717) is 5.41 Å². The normalized spacial score (nSPS) is 20.7. The van der Waals surface area contributed by atoms with E-state index in [2.05, 4.69) is 24.6 Å². The van der Waals surface area contributed by atoms with Crippen molar-refractivity contribution >= 4 is 12.6 Å². The highest BCUT2D eigenvalue weighted by Crippen LogP contribution is 2.46. The van der Waals surface area contributed by atoms with Gasteiger partial charge in [0, 0.05) is 13.1 Å². The van der Waals surface area contributed by atoms with Crippen LogP contribution in [0.2, 0.25) is 0 Å². The third kappa shape index (κ3) is 2.65. The molecular weight excluding hydrogens is 158 g/mol. The molecule has 0 atom stereocenters. The summed E-state index contributed by atoms with van der Waals surface area (Å²) in [5.41, 5.74) is 0.493. The van der Waals surface area contributed by atoms with Crippen molar-refractivity contribution in [2.75, 3.05) is 32.5 Å². The van der Waals surface area contributed by atoms with Gasteiger partial charge in [-0.15, -0.1) is 0 Å². The number of aliphatic hydroxyl groups excluding tert-OH is 1. The second-order valence-electron chi connectivity index (χ2n) is 3.62. The minimum atomic E-state index is 0.263. The van der Waals surface area contributed by atoms with Crippen LogP contribution in [0.25, 0.3) is 0 Å². The van der Waals surface area contributed by atoms with E-state index in [9.17, 15) is 0 Å². The topological polar surface area (TPSA) is 23.5 Å². The molecule has 1 fully saturated rings. The van der Waals surface area contributed by atoms with Gasteiger partial charge < -0.3 is 10.0 Å². The third-order valence-corrected chi connectivity index (χ3v) is 3.05. The molecule has 0 unspecified atom stereocenters. The number of rotatable bonds is 5. The molecule has 0 aromatic heterocycles. The first-order valence-electron chi connectivity index (χ1n) is 4.13. The van der Waals surface area contributed by atoms with Gasteiger partial charge in [-0.05, 0) is 31.1 Å². The molecule has 1 aliphatic rings. The molecule has 2 nitrogen and oxygen atoms in total. The van der Waals surface area contributed by atoms with Crippen LogP contribution < -0.4 is 0 Å². The number of hydrogen-bond acceptors (Lipinski definition) is 3. The van der Waals surface area contributed by atoms with Crippen molar-refractivity contribution in [3.05, 3.63) is 0 Å². The summed E-state index contributed by atoms with van der Waals surface area (Å²) in [4.78, 5) is 2.18. The zero-order chi connectivity index (χ0) is 8.32. The molecule has 1 aliphatic carbocycles.